The molecule has 1 aliphatic carbocycles. The van der Waals surface area contributed by atoms with Crippen LogP contribution in [0.2, 0.25) is 0 Å². The molecule has 1 aromatic rings. The summed E-state index contributed by atoms with van der Waals surface area (Å²) >= 11 is 0. The van der Waals surface area contributed by atoms with E-state index in [4.69, 9.17) is 5.73 Å². The Bertz CT molecular complexity index is 291. The molecule has 4 heteroatoms. The highest BCUT2D eigenvalue weighted by Crippen LogP contribution is 2.35. The molecule has 0 radical (unpaired) electrons. The largest absolute Gasteiger partial charge is 0.330 e. The van der Waals surface area contributed by atoms with Gasteiger partial charge in [0.05, 0.1) is 12.0 Å². The Morgan fingerprint density at radius 3 is 3.07 bits per heavy atom. The van der Waals surface area contributed by atoms with Crippen molar-refractivity contribution < 1.29 is 0 Å². The maximum atomic E-state index is 5.44. The quantitative estimate of drug-likeness (QED) is 0.658. The summed E-state index contributed by atoms with van der Waals surface area (Å²) in [5.74, 6) is 0. The Morgan fingerprint density at radius 2 is 2.33 bits per heavy atom. The smallest absolute Gasteiger partial charge is 0.0951 e. The van der Waals surface area contributed by atoms with Crippen molar-refractivity contribution in [2.24, 2.45) is 5.73 Å². The van der Waals surface area contributed by atoms with E-state index in [1.165, 1.54) is 18.5 Å². The molecule has 1 saturated carbocycles. The molecular weight excluding hydrogens is 188 g/mol. The molecule has 3 N–H and O–H groups in total. The first-order valence-corrected chi connectivity index (χ1v) is 5.83. The van der Waals surface area contributed by atoms with Crippen molar-refractivity contribution in [2.75, 3.05) is 13.1 Å². The Labute approximate surface area is 90.9 Å². The van der Waals surface area contributed by atoms with E-state index in [1.54, 1.807) is 0 Å². The molecule has 0 aromatic carbocycles. The van der Waals surface area contributed by atoms with Crippen LogP contribution in [0.4, 0.5) is 0 Å². The van der Waals surface area contributed by atoms with Gasteiger partial charge in [0.15, 0.2) is 0 Å². The van der Waals surface area contributed by atoms with Crippen LogP contribution in [0.25, 0.3) is 0 Å². The summed E-state index contributed by atoms with van der Waals surface area (Å²) in [5.41, 5.74) is 6.75. The Balaban J connectivity index is 1.70. The zero-order chi connectivity index (χ0) is 10.5. The minimum atomic E-state index is 0.730. The van der Waals surface area contributed by atoms with Gasteiger partial charge in [0.2, 0.25) is 0 Å². The molecule has 0 saturated heterocycles. The van der Waals surface area contributed by atoms with Gasteiger partial charge in [-0.3, -0.25) is 0 Å². The number of aromatic nitrogens is 2. The van der Waals surface area contributed by atoms with Crippen LogP contribution < -0.4 is 11.1 Å². The molecule has 15 heavy (non-hydrogen) atoms. The fourth-order valence-corrected chi connectivity index (χ4v) is 1.76. The molecule has 2 rings (SSSR count). The fraction of sp³-hybridized carbons (Fsp3) is 0.727. The molecule has 4 nitrogen and oxygen atoms in total. The van der Waals surface area contributed by atoms with E-state index in [0.29, 0.717) is 0 Å². The number of nitrogens with one attached hydrogen (secondary N) is 1. The number of imidazole rings is 1. The standard InChI is InChI=1S/C11H20N4/c12-5-1-2-6-13-7-11-8-14-9-15(11)10-3-4-10/h8-10,13H,1-7,12H2. The fourth-order valence-electron chi connectivity index (χ4n) is 1.76. The monoisotopic (exact) mass is 208 g/mol. The molecule has 0 unspecified atom stereocenters. The number of nitrogens with zero attached hydrogens (tertiary/aromatic N) is 2. The molecule has 1 aliphatic rings. The van der Waals surface area contributed by atoms with Crippen molar-refractivity contribution in [1.82, 2.24) is 14.9 Å². The Hall–Kier alpha value is -0.870. The Kier molecular flexibility index (Phi) is 3.75. The number of unbranched alkanes of at least 4 members (excludes halogenated alkanes) is 1. The van der Waals surface area contributed by atoms with Crippen LogP contribution >= 0.6 is 0 Å². The topological polar surface area (TPSA) is 55.9 Å². The van der Waals surface area contributed by atoms with Crippen molar-refractivity contribution in [3.8, 4) is 0 Å². The average Bonchev–Trinajstić information content (AvgIpc) is 2.99. The van der Waals surface area contributed by atoms with E-state index < -0.39 is 0 Å². The van der Waals surface area contributed by atoms with Gasteiger partial charge in [-0.15, -0.1) is 0 Å². The third-order valence-corrected chi connectivity index (χ3v) is 2.80. The van der Waals surface area contributed by atoms with Crippen molar-refractivity contribution >= 4 is 0 Å². The maximum absolute atomic E-state index is 5.44. The maximum Gasteiger partial charge on any atom is 0.0951 e. The lowest BCUT2D eigenvalue weighted by molar-refractivity contribution is 0.592. The molecule has 1 heterocycles. The van der Waals surface area contributed by atoms with Gasteiger partial charge in [0.1, 0.15) is 0 Å². The van der Waals surface area contributed by atoms with Crippen molar-refractivity contribution in [3.05, 3.63) is 18.2 Å². The van der Waals surface area contributed by atoms with Crippen LogP contribution in [0.3, 0.4) is 0 Å². The van der Waals surface area contributed by atoms with E-state index in [0.717, 1.165) is 38.5 Å². The minimum absolute atomic E-state index is 0.730. The van der Waals surface area contributed by atoms with Gasteiger partial charge in [-0.1, -0.05) is 0 Å². The van der Waals surface area contributed by atoms with Crippen LogP contribution in [-0.2, 0) is 6.54 Å². The van der Waals surface area contributed by atoms with Gasteiger partial charge >= 0.3 is 0 Å². The molecule has 0 atom stereocenters. The second kappa shape index (κ2) is 5.28. The Morgan fingerprint density at radius 1 is 1.47 bits per heavy atom. The lowest BCUT2D eigenvalue weighted by Gasteiger charge is -2.07. The zero-order valence-corrected chi connectivity index (χ0v) is 9.15. The number of hydrogen-bond donors (Lipinski definition) is 2. The molecule has 1 aromatic heterocycles. The molecule has 0 amide bonds. The summed E-state index contributed by atoms with van der Waals surface area (Å²) in [6, 6.07) is 0.730. The van der Waals surface area contributed by atoms with Crippen LogP contribution in [0.15, 0.2) is 12.5 Å². The highest BCUT2D eigenvalue weighted by Gasteiger charge is 2.24. The summed E-state index contributed by atoms with van der Waals surface area (Å²) < 4.78 is 2.30. The molecular formula is C11H20N4. The molecule has 0 spiro atoms. The number of hydrogen-bond acceptors (Lipinski definition) is 3. The molecule has 0 aliphatic heterocycles. The summed E-state index contributed by atoms with van der Waals surface area (Å²) in [7, 11) is 0. The predicted molar refractivity (Wildman–Crippen MR) is 60.5 cm³/mol. The molecule has 84 valence electrons. The van der Waals surface area contributed by atoms with E-state index in [2.05, 4.69) is 14.9 Å². The number of rotatable bonds is 7. The van der Waals surface area contributed by atoms with Gasteiger partial charge in [0, 0.05) is 18.8 Å². The van der Waals surface area contributed by atoms with Crippen LogP contribution in [0.5, 0.6) is 0 Å². The van der Waals surface area contributed by atoms with Crippen LogP contribution in [0.1, 0.15) is 37.4 Å². The third-order valence-electron chi connectivity index (χ3n) is 2.80. The lowest BCUT2D eigenvalue weighted by atomic mass is 10.3. The molecule has 1 fully saturated rings. The first-order chi connectivity index (χ1) is 7.42. The summed E-state index contributed by atoms with van der Waals surface area (Å²) in [6.07, 6.45) is 8.82. The predicted octanol–water partition coefficient (Wildman–Crippen LogP) is 1.05. The van der Waals surface area contributed by atoms with Gasteiger partial charge in [-0.2, -0.15) is 0 Å². The lowest BCUT2D eigenvalue weighted by Crippen LogP contribution is -2.17. The normalized spacial score (nSPS) is 15.8. The number of nitrogens with two attached hydrogens (primary N) is 1. The SMILES string of the molecule is NCCCCNCc1cncn1C1CC1. The summed E-state index contributed by atoms with van der Waals surface area (Å²) in [4.78, 5) is 4.20. The van der Waals surface area contributed by atoms with E-state index >= 15 is 0 Å². The van der Waals surface area contributed by atoms with Crippen LogP contribution in [0, 0.1) is 0 Å². The molecule has 0 bridgehead atoms. The van der Waals surface area contributed by atoms with Gasteiger partial charge in [-0.05, 0) is 38.8 Å². The summed E-state index contributed by atoms with van der Waals surface area (Å²) in [6.45, 7) is 2.77. The van der Waals surface area contributed by atoms with Crippen LogP contribution in [-0.4, -0.2) is 22.6 Å². The zero-order valence-electron chi connectivity index (χ0n) is 9.15. The average molecular weight is 208 g/mol. The second-order valence-corrected chi connectivity index (χ2v) is 4.20. The van der Waals surface area contributed by atoms with Gasteiger partial charge in [-0.25, -0.2) is 4.98 Å². The van der Waals surface area contributed by atoms with Gasteiger partial charge in [0.25, 0.3) is 0 Å². The highest BCUT2D eigenvalue weighted by molar-refractivity contribution is 5.03. The first kappa shape index (κ1) is 10.6. The second-order valence-electron chi connectivity index (χ2n) is 4.20. The summed E-state index contributed by atoms with van der Waals surface area (Å²) in [5, 5.41) is 3.43. The third kappa shape index (κ3) is 3.04. The highest BCUT2D eigenvalue weighted by atomic mass is 15.1. The first-order valence-electron chi connectivity index (χ1n) is 5.83. The van der Waals surface area contributed by atoms with E-state index in [9.17, 15) is 0 Å². The van der Waals surface area contributed by atoms with Gasteiger partial charge < -0.3 is 15.6 Å². The van der Waals surface area contributed by atoms with E-state index in [-0.39, 0.29) is 0 Å². The van der Waals surface area contributed by atoms with Crippen molar-refractivity contribution in [1.29, 1.82) is 0 Å². The minimum Gasteiger partial charge on any atom is -0.330 e. The van der Waals surface area contributed by atoms with Crippen molar-refractivity contribution in [2.45, 2.75) is 38.3 Å². The van der Waals surface area contributed by atoms with E-state index in [1.807, 2.05) is 12.5 Å². The van der Waals surface area contributed by atoms with Crippen molar-refractivity contribution in [3.63, 3.8) is 0 Å².